The van der Waals surface area contributed by atoms with E-state index < -0.39 is 0 Å². The number of carbonyl (C=O) groups is 1. The highest BCUT2D eigenvalue weighted by Gasteiger charge is 2.26. The molecule has 0 atom stereocenters. The zero-order valence-corrected chi connectivity index (χ0v) is 18.2. The highest BCUT2D eigenvalue weighted by molar-refractivity contribution is 5.96. The minimum Gasteiger partial charge on any atom is -0.493 e. The first-order chi connectivity index (χ1) is 15.1. The van der Waals surface area contributed by atoms with E-state index in [9.17, 15) is 4.79 Å². The molecule has 3 heterocycles. The van der Waals surface area contributed by atoms with Crippen LogP contribution in [0.4, 0.5) is 5.82 Å². The number of rotatable bonds is 5. The first-order valence-electron chi connectivity index (χ1n) is 10.1. The van der Waals surface area contributed by atoms with Crippen molar-refractivity contribution in [1.82, 2.24) is 24.6 Å². The monoisotopic (exact) mass is 422 g/mol. The third-order valence-electron chi connectivity index (χ3n) is 5.48. The minimum atomic E-state index is -0.0273. The van der Waals surface area contributed by atoms with E-state index in [0.29, 0.717) is 43.2 Å². The van der Waals surface area contributed by atoms with Gasteiger partial charge in [0.15, 0.2) is 17.1 Å². The van der Waals surface area contributed by atoms with Crippen LogP contribution in [0.1, 0.15) is 22.8 Å². The van der Waals surface area contributed by atoms with Gasteiger partial charge in [-0.25, -0.2) is 9.97 Å². The molecule has 0 unspecified atom stereocenters. The van der Waals surface area contributed by atoms with E-state index in [0.717, 1.165) is 22.4 Å². The predicted octanol–water partition coefficient (Wildman–Crippen LogP) is 2.38. The summed E-state index contributed by atoms with van der Waals surface area (Å²) in [5, 5.41) is 5.20. The van der Waals surface area contributed by atoms with Gasteiger partial charge in [0.05, 0.1) is 25.8 Å². The lowest BCUT2D eigenvalue weighted by Gasteiger charge is -2.35. The van der Waals surface area contributed by atoms with E-state index in [1.54, 1.807) is 37.5 Å². The van der Waals surface area contributed by atoms with E-state index in [4.69, 9.17) is 9.47 Å². The fraction of sp³-hybridized carbons (Fsp3) is 0.364. The molecule has 31 heavy (non-hydrogen) atoms. The van der Waals surface area contributed by atoms with Crippen molar-refractivity contribution in [3.8, 4) is 11.5 Å². The maximum atomic E-state index is 13.2. The van der Waals surface area contributed by atoms with Gasteiger partial charge in [-0.15, -0.1) is 0 Å². The number of piperazine rings is 1. The lowest BCUT2D eigenvalue weighted by atomic mass is 10.1. The van der Waals surface area contributed by atoms with Crippen LogP contribution in [0, 0.1) is 0 Å². The van der Waals surface area contributed by atoms with Crippen molar-refractivity contribution < 1.29 is 14.3 Å². The van der Waals surface area contributed by atoms with Gasteiger partial charge >= 0.3 is 0 Å². The standard InChI is InChI=1S/C22H26N6O3/c1-5-6-15-11-16(12-18(30-3)19(15)31-4)22(29)28-9-7-27(8-10-28)21-17-13-25-26(2)20(17)23-14-24-21/h5-6,11-14H,7-10H2,1-4H3/b6-5+. The molecule has 0 radical (unpaired) electrons. The second kappa shape index (κ2) is 8.63. The smallest absolute Gasteiger partial charge is 0.254 e. The summed E-state index contributed by atoms with van der Waals surface area (Å²) in [6.07, 6.45) is 7.16. The van der Waals surface area contributed by atoms with Gasteiger partial charge in [0.25, 0.3) is 5.91 Å². The van der Waals surface area contributed by atoms with Gasteiger partial charge in [-0.3, -0.25) is 9.48 Å². The number of aromatic nitrogens is 4. The molecule has 9 nitrogen and oxygen atoms in total. The summed E-state index contributed by atoms with van der Waals surface area (Å²) in [4.78, 5) is 26.0. The second-order valence-electron chi connectivity index (χ2n) is 7.28. The number of carbonyl (C=O) groups excluding carboxylic acids is 1. The number of anilines is 1. The molecule has 1 aromatic carbocycles. The number of allylic oxidation sites excluding steroid dienone is 1. The number of amides is 1. The molecule has 4 rings (SSSR count). The molecule has 1 aliphatic heterocycles. The van der Waals surface area contributed by atoms with E-state index in [1.165, 1.54) is 0 Å². The molecule has 162 valence electrons. The average Bonchev–Trinajstić information content (AvgIpc) is 3.19. The van der Waals surface area contributed by atoms with Crippen molar-refractivity contribution in [3.05, 3.63) is 41.9 Å². The number of fused-ring (bicyclic) bond motifs is 1. The van der Waals surface area contributed by atoms with Crippen molar-refractivity contribution in [3.63, 3.8) is 0 Å². The van der Waals surface area contributed by atoms with Crippen LogP contribution in [-0.4, -0.2) is 71.0 Å². The number of benzene rings is 1. The fourth-order valence-electron chi connectivity index (χ4n) is 3.93. The molecule has 3 aromatic rings. The molecule has 0 spiro atoms. The Hall–Kier alpha value is -3.62. The summed E-state index contributed by atoms with van der Waals surface area (Å²) in [6, 6.07) is 3.59. The number of methoxy groups -OCH3 is 2. The van der Waals surface area contributed by atoms with Crippen molar-refractivity contribution in [2.24, 2.45) is 7.05 Å². The fourth-order valence-corrected chi connectivity index (χ4v) is 3.93. The number of aryl methyl sites for hydroxylation is 1. The molecule has 1 fully saturated rings. The van der Waals surface area contributed by atoms with Gasteiger partial charge in [0.1, 0.15) is 12.1 Å². The molecule has 0 N–H and O–H groups in total. The normalized spacial score (nSPS) is 14.5. The number of hydrogen-bond donors (Lipinski definition) is 0. The number of hydrogen-bond acceptors (Lipinski definition) is 7. The van der Waals surface area contributed by atoms with Crippen LogP contribution in [0.25, 0.3) is 17.1 Å². The SMILES string of the molecule is C/C=C/c1cc(C(=O)N2CCN(c3ncnc4c3cnn4C)CC2)cc(OC)c1OC. The van der Waals surface area contributed by atoms with E-state index in [2.05, 4.69) is 20.0 Å². The Morgan fingerprint density at radius 3 is 2.55 bits per heavy atom. The maximum absolute atomic E-state index is 13.2. The lowest BCUT2D eigenvalue weighted by Crippen LogP contribution is -2.49. The Bertz CT molecular complexity index is 1130. The molecule has 1 amide bonds. The average molecular weight is 422 g/mol. The molecule has 0 saturated carbocycles. The van der Waals surface area contributed by atoms with Crippen molar-refractivity contribution in [2.75, 3.05) is 45.3 Å². The first kappa shape index (κ1) is 20.6. The lowest BCUT2D eigenvalue weighted by molar-refractivity contribution is 0.0746. The zero-order chi connectivity index (χ0) is 22.0. The van der Waals surface area contributed by atoms with Gasteiger partial charge in [-0.1, -0.05) is 12.2 Å². The summed E-state index contributed by atoms with van der Waals surface area (Å²) in [5.41, 5.74) is 2.19. The van der Waals surface area contributed by atoms with Gasteiger partial charge in [0, 0.05) is 44.4 Å². The topological polar surface area (TPSA) is 85.6 Å². The third-order valence-corrected chi connectivity index (χ3v) is 5.48. The van der Waals surface area contributed by atoms with Crippen molar-refractivity contribution >= 4 is 28.8 Å². The Morgan fingerprint density at radius 1 is 1.10 bits per heavy atom. The number of ether oxygens (including phenoxy) is 2. The van der Waals surface area contributed by atoms with E-state index >= 15 is 0 Å². The van der Waals surface area contributed by atoms with Gasteiger partial charge < -0.3 is 19.3 Å². The van der Waals surface area contributed by atoms with E-state index in [1.807, 2.05) is 37.1 Å². The predicted molar refractivity (Wildman–Crippen MR) is 119 cm³/mol. The van der Waals surface area contributed by atoms with Gasteiger partial charge in [-0.05, 0) is 19.1 Å². The van der Waals surface area contributed by atoms with Gasteiger partial charge in [0.2, 0.25) is 0 Å². The molecule has 2 aromatic heterocycles. The largest absolute Gasteiger partial charge is 0.493 e. The zero-order valence-electron chi connectivity index (χ0n) is 18.2. The summed E-state index contributed by atoms with van der Waals surface area (Å²) in [7, 11) is 5.03. The second-order valence-corrected chi connectivity index (χ2v) is 7.28. The molecule has 9 heteroatoms. The highest BCUT2D eigenvalue weighted by Crippen LogP contribution is 2.34. The molecule has 1 aliphatic rings. The van der Waals surface area contributed by atoms with E-state index in [-0.39, 0.29) is 5.91 Å². The highest BCUT2D eigenvalue weighted by atomic mass is 16.5. The molecular weight excluding hydrogens is 396 g/mol. The summed E-state index contributed by atoms with van der Waals surface area (Å²) in [5.74, 6) is 1.98. The van der Waals surface area contributed by atoms with Crippen LogP contribution in [0.5, 0.6) is 11.5 Å². The van der Waals surface area contributed by atoms with Crippen LogP contribution in [-0.2, 0) is 7.05 Å². The van der Waals surface area contributed by atoms with Gasteiger partial charge in [-0.2, -0.15) is 5.10 Å². The number of nitrogens with zero attached hydrogens (tertiary/aromatic N) is 6. The Morgan fingerprint density at radius 2 is 1.87 bits per heavy atom. The summed E-state index contributed by atoms with van der Waals surface area (Å²) >= 11 is 0. The molecular formula is C22H26N6O3. The quantitative estimate of drug-likeness (QED) is 0.624. The Balaban J connectivity index is 1.54. The first-order valence-corrected chi connectivity index (χ1v) is 10.1. The minimum absolute atomic E-state index is 0.0273. The van der Waals surface area contributed by atoms with Crippen LogP contribution < -0.4 is 14.4 Å². The summed E-state index contributed by atoms with van der Waals surface area (Å²) < 4.78 is 12.7. The maximum Gasteiger partial charge on any atom is 0.254 e. The Labute approximate surface area is 180 Å². The van der Waals surface area contributed by atoms with Crippen molar-refractivity contribution in [1.29, 1.82) is 0 Å². The Kier molecular flexibility index (Phi) is 5.75. The molecule has 0 bridgehead atoms. The molecule has 0 aliphatic carbocycles. The molecule has 1 saturated heterocycles. The van der Waals surface area contributed by atoms with Crippen LogP contribution >= 0.6 is 0 Å². The van der Waals surface area contributed by atoms with Crippen molar-refractivity contribution in [2.45, 2.75) is 6.92 Å². The third kappa shape index (κ3) is 3.78. The van der Waals surface area contributed by atoms with Crippen LogP contribution in [0.2, 0.25) is 0 Å². The van der Waals surface area contributed by atoms with Crippen LogP contribution in [0.3, 0.4) is 0 Å². The summed E-state index contributed by atoms with van der Waals surface area (Å²) in [6.45, 7) is 4.48. The van der Waals surface area contributed by atoms with Crippen LogP contribution in [0.15, 0.2) is 30.7 Å².